The van der Waals surface area contributed by atoms with Crippen LogP contribution in [-0.4, -0.2) is 12.5 Å². The summed E-state index contributed by atoms with van der Waals surface area (Å²) >= 11 is 4.99. The van der Waals surface area contributed by atoms with E-state index in [0.717, 1.165) is 0 Å². The molecule has 0 heterocycles. The van der Waals surface area contributed by atoms with Gasteiger partial charge in [0.05, 0.1) is 6.61 Å². The maximum Gasteiger partial charge on any atom is 0.197 e. The normalized spacial score (nSPS) is 11.6. The highest BCUT2D eigenvalue weighted by Gasteiger charge is 1.81. The van der Waals surface area contributed by atoms with Crippen molar-refractivity contribution in [3.63, 3.8) is 0 Å². The monoisotopic (exact) mass is 121 g/mol. The molecule has 0 atom stereocenters. The summed E-state index contributed by atoms with van der Waals surface area (Å²) < 4.78 is 8.05. The minimum absolute atomic E-state index is 0.518. The van der Waals surface area contributed by atoms with Crippen LogP contribution in [0.2, 0.25) is 0 Å². The first-order valence-electron chi connectivity index (χ1n) is 2.09. The van der Waals surface area contributed by atoms with E-state index >= 15 is 0 Å². The van der Waals surface area contributed by atoms with Gasteiger partial charge in [0.1, 0.15) is 0 Å². The summed E-state index contributed by atoms with van der Waals surface area (Å²) in [4.78, 5) is 0. The van der Waals surface area contributed by atoms with Gasteiger partial charge in [-0.25, -0.2) is 0 Å². The Morgan fingerprint density at radius 2 is 2.43 bits per heavy atom. The average Bonchev–Trinajstić information content (AvgIpc) is 1.68. The number of nitrogens with zero attached hydrogens (tertiary/aromatic N) is 1. The fraction of sp³-hybridized carbons (Fsp3) is 0.750. The lowest BCUT2D eigenvalue weighted by Gasteiger charge is -1.94. The van der Waals surface area contributed by atoms with Crippen molar-refractivity contribution < 1.29 is 4.74 Å². The molecule has 0 saturated heterocycles. The highest BCUT2D eigenvalue weighted by molar-refractivity contribution is 6.18. The van der Waals surface area contributed by atoms with Gasteiger partial charge in [-0.05, 0) is 6.92 Å². The van der Waals surface area contributed by atoms with Crippen molar-refractivity contribution in [2.24, 2.45) is 4.51 Å². The SMILES string of the molecule is CCOC(C)=NCl. The molecule has 0 radical (unpaired) electrons. The Labute approximate surface area is 48.3 Å². The molecule has 0 aliphatic heterocycles. The Balaban J connectivity index is 3.17. The molecule has 3 heteroatoms. The number of hydrogen-bond acceptors (Lipinski definition) is 2. The predicted molar refractivity (Wildman–Crippen MR) is 30.6 cm³/mol. The highest BCUT2D eigenvalue weighted by atomic mass is 35.5. The molecule has 0 aromatic heterocycles. The molecule has 0 amide bonds. The summed E-state index contributed by atoms with van der Waals surface area (Å²) in [6.45, 7) is 4.21. The zero-order valence-electron chi connectivity index (χ0n) is 4.44. The Bertz CT molecular complexity index is 72.1. The van der Waals surface area contributed by atoms with Crippen LogP contribution in [0.4, 0.5) is 0 Å². The van der Waals surface area contributed by atoms with Crippen LogP contribution in [0, 0.1) is 0 Å². The third kappa shape index (κ3) is 3.59. The van der Waals surface area contributed by atoms with Gasteiger partial charge < -0.3 is 4.74 Å². The molecular formula is C4H8ClNO. The molecule has 0 saturated carbocycles. The second-order valence-corrected chi connectivity index (χ2v) is 1.21. The van der Waals surface area contributed by atoms with Crippen molar-refractivity contribution in [3.8, 4) is 0 Å². The van der Waals surface area contributed by atoms with Crippen LogP contribution in [0.1, 0.15) is 13.8 Å². The average molecular weight is 122 g/mol. The second-order valence-electron chi connectivity index (χ2n) is 1.04. The molecule has 0 fully saturated rings. The molecular weight excluding hydrogens is 114 g/mol. The first kappa shape index (κ1) is 6.76. The summed E-state index contributed by atoms with van der Waals surface area (Å²) in [5.41, 5.74) is 0. The van der Waals surface area contributed by atoms with Gasteiger partial charge in [0, 0.05) is 18.7 Å². The van der Waals surface area contributed by atoms with Gasteiger partial charge in [0.25, 0.3) is 0 Å². The fourth-order valence-electron chi connectivity index (χ4n) is 0.233. The van der Waals surface area contributed by atoms with Gasteiger partial charge in [-0.15, -0.1) is 4.51 Å². The largest absolute Gasteiger partial charge is 0.481 e. The summed E-state index contributed by atoms with van der Waals surface area (Å²) in [7, 11) is 0. The standard InChI is InChI=1S/C4H8ClNO/c1-3-7-4(2)6-5/h3H2,1-2H3. The minimum atomic E-state index is 0.518. The molecule has 0 unspecified atom stereocenters. The van der Waals surface area contributed by atoms with Gasteiger partial charge in [-0.3, -0.25) is 0 Å². The zero-order chi connectivity index (χ0) is 5.70. The Morgan fingerprint density at radius 1 is 1.86 bits per heavy atom. The molecule has 42 valence electrons. The van der Waals surface area contributed by atoms with Gasteiger partial charge >= 0.3 is 0 Å². The molecule has 0 N–H and O–H groups in total. The van der Waals surface area contributed by atoms with E-state index in [-0.39, 0.29) is 0 Å². The molecule has 2 nitrogen and oxygen atoms in total. The first-order valence-corrected chi connectivity index (χ1v) is 2.43. The van der Waals surface area contributed by atoms with Crippen LogP contribution >= 0.6 is 11.8 Å². The van der Waals surface area contributed by atoms with Crippen LogP contribution in [-0.2, 0) is 4.74 Å². The summed E-state index contributed by atoms with van der Waals surface area (Å²) in [6.07, 6.45) is 0. The first-order chi connectivity index (χ1) is 3.31. The maximum absolute atomic E-state index is 4.99. The molecule has 0 aliphatic rings. The Kier molecular flexibility index (Phi) is 3.80. The maximum atomic E-state index is 4.99. The van der Waals surface area contributed by atoms with Gasteiger partial charge in [-0.1, -0.05) is 0 Å². The van der Waals surface area contributed by atoms with Crippen LogP contribution < -0.4 is 0 Å². The third-order valence-corrected chi connectivity index (χ3v) is 0.710. The van der Waals surface area contributed by atoms with Crippen LogP contribution in [0.15, 0.2) is 4.51 Å². The fourth-order valence-corrected chi connectivity index (χ4v) is 0.282. The van der Waals surface area contributed by atoms with Gasteiger partial charge in [0.15, 0.2) is 5.90 Å². The zero-order valence-corrected chi connectivity index (χ0v) is 5.20. The molecule has 0 aromatic rings. The lowest BCUT2D eigenvalue weighted by atomic mass is 10.7. The van der Waals surface area contributed by atoms with Crippen molar-refractivity contribution in [1.29, 1.82) is 0 Å². The van der Waals surface area contributed by atoms with Crippen molar-refractivity contribution >= 4 is 17.7 Å². The molecule has 0 bridgehead atoms. The number of halogens is 1. The Morgan fingerprint density at radius 3 is 2.57 bits per heavy atom. The second kappa shape index (κ2) is 3.93. The quantitative estimate of drug-likeness (QED) is 0.382. The summed E-state index contributed by atoms with van der Waals surface area (Å²) in [5.74, 6) is 0.518. The van der Waals surface area contributed by atoms with Crippen molar-refractivity contribution in [2.75, 3.05) is 6.61 Å². The summed E-state index contributed by atoms with van der Waals surface area (Å²) in [5, 5.41) is 0. The lowest BCUT2D eigenvalue weighted by molar-refractivity contribution is 0.325. The van der Waals surface area contributed by atoms with Crippen molar-refractivity contribution in [1.82, 2.24) is 0 Å². The number of hydrogen-bond donors (Lipinski definition) is 0. The van der Waals surface area contributed by atoms with Crippen molar-refractivity contribution in [2.45, 2.75) is 13.8 Å². The molecule has 7 heavy (non-hydrogen) atoms. The van der Waals surface area contributed by atoms with E-state index in [1.54, 1.807) is 6.92 Å². The Hall–Kier alpha value is -0.240. The smallest absolute Gasteiger partial charge is 0.197 e. The van der Waals surface area contributed by atoms with E-state index in [1.165, 1.54) is 0 Å². The highest BCUT2D eigenvalue weighted by Crippen LogP contribution is 1.82. The van der Waals surface area contributed by atoms with Gasteiger partial charge in [0.2, 0.25) is 0 Å². The number of rotatable bonds is 1. The molecule has 0 rings (SSSR count). The molecule has 0 aliphatic carbocycles. The van der Waals surface area contributed by atoms with E-state index in [0.29, 0.717) is 12.5 Å². The van der Waals surface area contributed by atoms with E-state index in [4.69, 9.17) is 16.5 Å². The van der Waals surface area contributed by atoms with E-state index in [1.807, 2.05) is 6.92 Å². The third-order valence-electron chi connectivity index (χ3n) is 0.472. The van der Waals surface area contributed by atoms with E-state index in [9.17, 15) is 0 Å². The van der Waals surface area contributed by atoms with Crippen LogP contribution in [0.3, 0.4) is 0 Å². The predicted octanol–water partition coefficient (Wildman–Crippen LogP) is 1.60. The van der Waals surface area contributed by atoms with Gasteiger partial charge in [-0.2, -0.15) is 0 Å². The minimum Gasteiger partial charge on any atom is -0.481 e. The van der Waals surface area contributed by atoms with E-state index < -0.39 is 0 Å². The lowest BCUT2D eigenvalue weighted by Crippen LogP contribution is -1.95. The number of ether oxygens (including phenoxy) is 1. The van der Waals surface area contributed by atoms with Crippen LogP contribution in [0.25, 0.3) is 0 Å². The van der Waals surface area contributed by atoms with E-state index in [2.05, 4.69) is 4.51 Å². The van der Waals surface area contributed by atoms with Crippen LogP contribution in [0.5, 0.6) is 0 Å². The summed E-state index contributed by atoms with van der Waals surface area (Å²) in [6, 6.07) is 0. The topological polar surface area (TPSA) is 21.6 Å². The molecule has 0 spiro atoms. The van der Waals surface area contributed by atoms with Crippen molar-refractivity contribution in [3.05, 3.63) is 0 Å². The molecule has 0 aromatic carbocycles.